The first-order valence-electron chi connectivity index (χ1n) is 6.34. The lowest BCUT2D eigenvalue weighted by atomic mass is 10.1. The van der Waals surface area contributed by atoms with E-state index in [0.717, 1.165) is 16.0 Å². The molecule has 0 amide bonds. The summed E-state index contributed by atoms with van der Waals surface area (Å²) in [6, 6.07) is 13.4. The quantitative estimate of drug-likeness (QED) is 0.787. The van der Waals surface area contributed by atoms with Gasteiger partial charge in [-0.15, -0.1) is 11.3 Å². The van der Waals surface area contributed by atoms with E-state index >= 15 is 0 Å². The van der Waals surface area contributed by atoms with Crippen LogP contribution in [0.3, 0.4) is 0 Å². The summed E-state index contributed by atoms with van der Waals surface area (Å²) < 4.78 is 0. The van der Waals surface area contributed by atoms with Gasteiger partial charge in [-0.3, -0.25) is 4.79 Å². The van der Waals surface area contributed by atoms with Gasteiger partial charge in [0.05, 0.1) is 4.88 Å². The van der Waals surface area contributed by atoms with Crippen molar-refractivity contribution in [3.8, 4) is 28.0 Å². The molecule has 0 unspecified atom stereocenters. The van der Waals surface area contributed by atoms with E-state index in [2.05, 4.69) is 9.97 Å². The van der Waals surface area contributed by atoms with Crippen LogP contribution in [0.1, 0.15) is 11.1 Å². The van der Waals surface area contributed by atoms with Gasteiger partial charge < -0.3 is 4.98 Å². The molecule has 2 heterocycles. The number of rotatable bonds is 2. The Bertz CT molecular complexity index is 889. The zero-order valence-electron chi connectivity index (χ0n) is 11.3. The number of H-pyrrole nitrogens is 1. The van der Waals surface area contributed by atoms with Crippen LogP contribution in [0.25, 0.3) is 22.0 Å². The number of nitriles is 1. The topological polar surface area (TPSA) is 69.5 Å². The van der Waals surface area contributed by atoms with Gasteiger partial charge in [-0.1, -0.05) is 29.8 Å². The van der Waals surface area contributed by atoms with Crippen molar-refractivity contribution >= 4 is 11.3 Å². The molecular weight excluding hydrogens is 282 g/mol. The van der Waals surface area contributed by atoms with Crippen LogP contribution in [0, 0.1) is 18.3 Å². The maximum atomic E-state index is 12.1. The van der Waals surface area contributed by atoms with Gasteiger partial charge in [-0.2, -0.15) is 5.26 Å². The SMILES string of the molecule is Cc1cccc(-c2nc(-c3cccs3)c(C#N)c(=O)[nH]2)c1. The second-order valence-corrected chi connectivity index (χ2v) is 5.54. The van der Waals surface area contributed by atoms with Crippen LogP contribution in [0.5, 0.6) is 0 Å². The van der Waals surface area contributed by atoms with E-state index in [9.17, 15) is 10.1 Å². The number of thiophene rings is 1. The average molecular weight is 293 g/mol. The van der Waals surface area contributed by atoms with Crippen molar-refractivity contribution in [1.82, 2.24) is 9.97 Å². The fourth-order valence-corrected chi connectivity index (χ4v) is 2.82. The predicted molar refractivity (Wildman–Crippen MR) is 83.1 cm³/mol. The number of aryl methyl sites for hydroxylation is 1. The Balaban J connectivity index is 2.26. The van der Waals surface area contributed by atoms with Crippen molar-refractivity contribution < 1.29 is 0 Å². The highest BCUT2D eigenvalue weighted by molar-refractivity contribution is 7.13. The van der Waals surface area contributed by atoms with E-state index < -0.39 is 5.56 Å². The Kier molecular flexibility index (Phi) is 3.38. The summed E-state index contributed by atoms with van der Waals surface area (Å²) in [5.74, 6) is 0.478. The zero-order valence-corrected chi connectivity index (χ0v) is 12.1. The van der Waals surface area contributed by atoms with Gasteiger partial charge in [-0.25, -0.2) is 4.98 Å². The fraction of sp³-hybridized carbons (Fsp3) is 0.0625. The molecule has 0 radical (unpaired) electrons. The average Bonchev–Trinajstić information content (AvgIpc) is 3.00. The highest BCUT2D eigenvalue weighted by atomic mass is 32.1. The molecule has 4 nitrogen and oxygen atoms in total. The second-order valence-electron chi connectivity index (χ2n) is 4.60. The van der Waals surface area contributed by atoms with Crippen molar-refractivity contribution in [2.75, 3.05) is 0 Å². The third kappa shape index (κ3) is 2.49. The molecule has 3 rings (SSSR count). The molecule has 0 aliphatic carbocycles. The highest BCUT2D eigenvalue weighted by Gasteiger charge is 2.14. The Morgan fingerprint density at radius 3 is 2.81 bits per heavy atom. The van der Waals surface area contributed by atoms with Gasteiger partial charge in [0.25, 0.3) is 5.56 Å². The summed E-state index contributed by atoms with van der Waals surface area (Å²) in [6.07, 6.45) is 0. The molecule has 0 fully saturated rings. The molecule has 21 heavy (non-hydrogen) atoms. The fourth-order valence-electron chi connectivity index (χ4n) is 2.10. The minimum absolute atomic E-state index is 0.0499. The van der Waals surface area contributed by atoms with Crippen LogP contribution in [0.4, 0.5) is 0 Å². The molecule has 0 aliphatic heterocycles. The first kappa shape index (κ1) is 13.3. The summed E-state index contributed by atoms with van der Waals surface area (Å²) in [7, 11) is 0. The Morgan fingerprint density at radius 1 is 1.29 bits per heavy atom. The number of benzene rings is 1. The first-order valence-corrected chi connectivity index (χ1v) is 7.22. The number of aromatic amines is 1. The zero-order chi connectivity index (χ0) is 14.8. The second kappa shape index (κ2) is 5.35. The molecule has 2 aromatic heterocycles. The van der Waals surface area contributed by atoms with Gasteiger partial charge >= 0.3 is 0 Å². The van der Waals surface area contributed by atoms with E-state index in [1.807, 2.05) is 54.8 Å². The van der Waals surface area contributed by atoms with Crippen LogP contribution in [-0.4, -0.2) is 9.97 Å². The van der Waals surface area contributed by atoms with Crippen LogP contribution in [0.2, 0.25) is 0 Å². The minimum Gasteiger partial charge on any atom is -0.305 e. The predicted octanol–water partition coefficient (Wildman–Crippen LogP) is 3.35. The molecule has 0 aliphatic rings. The third-order valence-corrected chi connectivity index (χ3v) is 3.95. The van der Waals surface area contributed by atoms with Gasteiger partial charge in [0.1, 0.15) is 23.2 Å². The van der Waals surface area contributed by atoms with Crippen molar-refractivity contribution in [3.05, 3.63) is 63.3 Å². The normalized spacial score (nSPS) is 10.3. The summed E-state index contributed by atoms with van der Waals surface area (Å²) >= 11 is 1.45. The van der Waals surface area contributed by atoms with Gasteiger partial charge in [-0.05, 0) is 24.4 Å². The lowest BCUT2D eigenvalue weighted by molar-refractivity contribution is 1.12. The van der Waals surface area contributed by atoms with Crippen LogP contribution in [-0.2, 0) is 0 Å². The maximum Gasteiger partial charge on any atom is 0.269 e. The van der Waals surface area contributed by atoms with E-state index in [1.54, 1.807) is 0 Å². The molecule has 0 saturated carbocycles. The molecule has 3 aromatic rings. The number of hydrogen-bond donors (Lipinski definition) is 1. The molecule has 1 N–H and O–H groups in total. The summed E-state index contributed by atoms with van der Waals surface area (Å²) in [6.45, 7) is 1.98. The van der Waals surface area contributed by atoms with Crippen molar-refractivity contribution in [3.63, 3.8) is 0 Å². The minimum atomic E-state index is -0.410. The summed E-state index contributed by atoms with van der Waals surface area (Å²) in [5.41, 5.74) is 1.99. The monoisotopic (exact) mass is 293 g/mol. The lowest BCUT2D eigenvalue weighted by Crippen LogP contribution is -2.14. The number of aromatic nitrogens is 2. The standard InChI is InChI=1S/C16H11N3OS/c1-10-4-2-5-11(8-10)15-18-14(13-6-3-7-21-13)12(9-17)16(20)19-15/h2-8H,1H3,(H,18,19,20). The third-order valence-electron chi connectivity index (χ3n) is 3.08. The van der Waals surface area contributed by atoms with Gasteiger partial charge in [0.15, 0.2) is 0 Å². The van der Waals surface area contributed by atoms with Crippen LogP contribution >= 0.6 is 11.3 Å². The molecular formula is C16H11N3OS. The highest BCUT2D eigenvalue weighted by Crippen LogP contribution is 2.26. The molecule has 0 bridgehead atoms. The van der Waals surface area contributed by atoms with Crippen LogP contribution < -0.4 is 5.56 Å². The van der Waals surface area contributed by atoms with Crippen molar-refractivity contribution in [2.24, 2.45) is 0 Å². The largest absolute Gasteiger partial charge is 0.305 e. The number of nitrogens with one attached hydrogen (secondary N) is 1. The van der Waals surface area contributed by atoms with E-state index in [1.165, 1.54) is 11.3 Å². The van der Waals surface area contributed by atoms with Crippen LogP contribution in [0.15, 0.2) is 46.6 Å². The molecule has 1 aromatic carbocycles. The van der Waals surface area contributed by atoms with Crippen molar-refractivity contribution in [2.45, 2.75) is 6.92 Å². The molecule has 5 heteroatoms. The van der Waals surface area contributed by atoms with E-state index in [-0.39, 0.29) is 5.56 Å². The lowest BCUT2D eigenvalue weighted by Gasteiger charge is -2.06. The Labute approximate surface area is 125 Å². The maximum absolute atomic E-state index is 12.1. The first-order chi connectivity index (χ1) is 10.2. The molecule has 0 spiro atoms. The summed E-state index contributed by atoms with van der Waals surface area (Å²) in [4.78, 5) is 20.1. The molecule has 102 valence electrons. The Morgan fingerprint density at radius 2 is 2.14 bits per heavy atom. The van der Waals surface area contributed by atoms with E-state index in [0.29, 0.717) is 11.5 Å². The number of nitrogens with zero attached hydrogens (tertiary/aromatic N) is 2. The summed E-state index contributed by atoms with van der Waals surface area (Å²) in [5, 5.41) is 11.1. The number of hydrogen-bond acceptors (Lipinski definition) is 4. The van der Waals surface area contributed by atoms with Gasteiger partial charge in [0, 0.05) is 5.56 Å². The van der Waals surface area contributed by atoms with Crippen molar-refractivity contribution in [1.29, 1.82) is 5.26 Å². The molecule has 0 saturated heterocycles. The smallest absolute Gasteiger partial charge is 0.269 e. The Hall–Kier alpha value is -2.71. The van der Waals surface area contributed by atoms with Gasteiger partial charge in [0.2, 0.25) is 0 Å². The molecule has 0 atom stereocenters. The van der Waals surface area contributed by atoms with E-state index in [4.69, 9.17) is 0 Å².